The van der Waals surface area contributed by atoms with Crippen LogP contribution < -0.4 is 21.3 Å². The van der Waals surface area contributed by atoms with Crippen LogP contribution in [0.3, 0.4) is 0 Å². The summed E-state index contributed by atoms with van der Waals surface area (Å²) in [5.74, 6) is -1.63. The number of likely N-dealkylation sites (N-methyl/N-ethyl adjacent to an activating group) is 1. The SMILES string of the molecule is CCCC(NC(=O)[C@@H]1[C@H]2CCC3(CC3)[C@H]2CN1C(=O)[C@@H](NC(=O)N[C@H](CN(C)S(C)(=O)=O)C(C)(C)C)C1CCCCC1)C(=O)C(=O)NCC1CC1. The first-order valence-corrected chi connectivity index (χ1v) is 21.2. The highest BCUT2D eigenvalue weighted by Gasteiger charge is 2.64. The maximum Gasteiger partial charge on any atom is 0.315 e. The monoisotopic (exact) mass is 734 g/mol. The first kappa shape index (κ1) is 39.5. The number of rotatable bonds is 15. The minimum atomic E-state index is -3.49. The van der Waals surface area contributed by atoms with Gasteiger partial charge < -0.3 is 26.2 Å². The number of nitrogens with zero attached hydrogens (tertiary/aromatic N) is 2. The van der Waals surface area contributed by atoms with E-state index in [2.05, 4.69) is 21.3 Å². The number of hydrogen-bond acceptors (Lipinski definition) is 7. The Labute approximate surface area is 304 Å². The number of hydrogen-bond donors (Lipinski definition) is 4. The van der Waals surface area contributed by atoms with E-state index in [-0.39, 0.29) is 35.6 Å². The second kappa shape index (κ2) is 15.7. The second-order valence-electron chi connectivity index (χ2n) is 17.4. The molecule has 0 radical (unpaired) electrons. The van der Waals surface area contributed by atoms with Crippen molar-refractivity contribution in [3.8, 4) is 0 Å². The van der Waals surface area contributed by atoms with Gasteiger partial charge >= 0.3 is 6.03 Å². The number of ketones is 1. The Morgan fingerprint density at radius 1 is 0.922 bits per heavy atom. The third-order valence-corrected chi connectivity index (χ3v) is 13.9. The van der Waals surface area contributed by atoms with E-state index in [0.717, 1.165) is 76.9 Å². The molecule has 51 heavy (non-hydrogen) atoms. The molecule has 1 aliphatic heterocycles. The zero-order valence-electron chi connectivity index (χ0n) is 31.6. The smallest absolute Gasteiger partial charge is 0.315 e. The largest absolute Gasteiger partial charge is 0.349 e. The van der Waals surface area contributed by atoms with Gasteiger partial charge in [0.15, 0.2) is 0 Å². The van der Waals surface area contributed by atoms with E-state index in [9.17, 15) is 32.4 Å². The Kier molecular flexibility index (Phi) is 12.1. The highest BCUT2D eigenvalue weighted by molar-refractivity contribution is 7.88. The zero-order chi connectivity index (χ0) is 37.3. The number of amides is 5. The predicted octanol–water partition coefficient (Wildman–Crippen LogP) is 2.94. The fourth-order valence-electron chi connectivity index (χ4n) is 8.82. The standard InChI is InChI=1S/C37H62N6O7S/c1-7-11-27(31(44)33(46)38-20-23-14-15-23)39-32(45)30-25-16-17-37(18-19-37)26(25)21-43(30)34(47)29(24-12-9-8-10-13-24)41-35(48)40-28(36(2,3)4)22-42(5)51(6,49)50/h23-30H,7-22H2,1-6H3,(H,38,46)(H,39,45)(H2,40,41,48)/t25-,26-,27?,28+,29-,30-/m0/s1. The number of Topliss-reactive ketones (excluding diaryl/α,β-unsaturated/α-hetero) is 1. The topological polar surface area (TPSA) is 174 Å². The molecule has 0 bridgehead atoms. The Morgan fingerprint density at radius 3 is 2.16 bits per heavy atom. The lowest BCUT2D eigenvalue weighted by Crippen LogP contribution is -2.61. The number of nitrogens with one attached hydrogen (secondary N) is 4. The number of sulfonamides is 1. The van der Waals surface area contributed by atoms with Crippen molar-refractivity contribution in [3.05, 3.63) is 0 Å². The van der Waals surface area contributed by atoms with Crippen molar-refractivity contribution >= 4 is 39.6 Å². The van der Waals surface area contributed by atoms with Gasteiger partial charge in [-0.2, -0.15) is 0 Å². The maximum absolute atomic E-state index is 14.8. The van der Waals surface area contributed by atoms with Crippen LogP contribution in [-0.2, 0) is 29.2 Å². The summed E-state index contributed by atoms with van der Waals surface area (Å²) in [6.45, 7) is 8.61. The first-order chi connectivity index (χ1) is 23.9. The van der Waals surface area contributed by atoms with Crippen molar-refractivity contribution in [1.29, 1.82) is 0 Å². The minimum absolute atomic E-state index is 0.0600. The van der Waals surface area contributed by atoms with Gasteiger partial charge in [0.05, 0.1) is 12.3 Å². The molecule has 0 aromatic carbocycles. The third-order valence-electron chi connectivity index (χ3n) is 12.6. The van der Waals surface area contributed by atoms with Gasteiger partial charge in [0.25, 0.3) is 5.91 Å². The Morgan fingerprint density at radius 2 is 1.59 bits per heavy atom. The van der Waals surface area contributed by atoms with Crippen LogP contribution in [0, 0.1) is 34.5 Å². The average molecular weight is 735 g/mol. The van der Waals surface area contributed by atoms with E-state index in [0.29, 0.717) is 31.8 Å². The van der Waals surface area contributed by atoms with Gasteiger partial charge in [0.2, 0.25) is 27.6 Å². The molecule has 4 saturated carbocycles. The number of fused-ring (bicyclic) bond motifs is 2. The Bertz CT molecular complexity index is 1430. The fraction of sp³-hybridized carbons (Fsp3) is 0.865. The van der Waals surface area contributed by atoms with Crippen molar-refractivity contribution in [2.75, 3.05) is 32.9 Å². The summed E-state index contributed by atoms with van der Waals surface area (Å²) in [5, 5.41) is 11.6. The molecule has 0 aromatic rings. The van der Waals surface area contributed by atoms with Crippen LogP contribution >= 0.6 is 0 Å². The number of carbonyl (C=O) groups excluding carboxylic acids is 5. The molecule has 5 aliphatic rings. The lowest BCUT2D eigenvalue weighted by molar-refractivity contribution is -0.144. The average Bonchev–Trinajstić information content (AvgIpc) is 3.99. The maximum atomic E-state index is 14.8. The van der Waals surface area contributed by atoms with Gasteiger partial charge in [0, 0.05) is 32.7 Å². The van der Waals surface area contributed by atoms with Crippen molar-refractivity contribution in [2.24, 2.45) is 34.5 Å². The quantitative estimate of drug-likeness (QED) is 0.187. The van der Waals surface area contributed by atoms with Gasteiger partial charge in [-0.3, -0.25) is 19.2 Å². The molecule has 288 valence electrons. The normalized spacial score (nSPS) is 26.3. The van der Waals surface area contributed by atoms with Crippen molar-refractivity contribution in [3.63, 3.8) is 0 Å². The van der Waals surface area contributed by atoms with Crippen LogP contribution in [0.2, 0.25) is 0 Å². The number of urea groups is 1. The van der Waals surface area contributed by atoms with E-state index < -0.39 is 63.2 Å². The van der Waals surface area contributed by atoms with Crippen LogP contribution in [0.25, 0.3) is 0 Å². The molecule has 1 unspecified atom stereocenters. The fourth-order valence-corrected chi connectivity index (χ4v) is 9.24. The first-order valence-electron chi connectivity index (χ1n) is 19.4. The molecule has 5 amide bonds. The Balaban J connectivity index is 1.37. The highest BCUT2D eigenvalue weighted by atomic mass is 32.2. The molecule has 13 nitrogen and oxygen atoms in total. The molecule has 0 aromatic heterocycles. The van der Waals surface area contributed by atoms with Crippen LogP contribution in [-0.4, -0.2) is 104 Å². The lowest BCUT2D eigenvalue weighted by atomic mass is 9.83. The molecule has 4 N–H and O–H groups in total. The van der Waals surface area contributed by atoms with Crippen LogP contribution in [0.5, 0.6) is 0 Å². The summed E-state index contributed by atoms with van der Waals surface area (Å²) >= 11 is 0. The molecule has 5 rings (SSSR count). The second-order valence-corrected chi connectivity index (χ2v) is 19.5. The van der Waals surface area contributed by atoms with E-state index in [1.54, 1.807) is 4.90 Å². The summed E-state index contributed by atoms with van der Waals surface area (Å²) < 4.78 is 25.7. The van der Waals surface area contributed by atoms with E-state index >= 15 is 0 Å². The van der Waals surface area contributed by atoms with Gasteiger partial charge in [0.1, 0.15) is 12.1 Å². The molecule has 1 saturated heterocycles. The Hall–Kier alpha value is -2.74. The molecule has 5 fully saturated rings. The number of likely N-dealkylation sites (tertiary alicyclic amines) is 1. The predicted molar refractivity (Wildman–Crippen MR) is 194 cm³/mol. The molecule has 1 heterocycles. The summed E-state index contributed by atoms with van der Waals surface area (Å²) in [5.41, 5.74) is -0.355. The minimum Gasteiger partial charge on any atom is -0.349 e. The summed E-state index contributed by atoms with van der Waals surface area (Å²) in [6, 6.07) is -3.75. The van der Waals surface area contributed by atoms with E-state index in [1.165, 1.54) is 11.4 Å². The van der Waals surface area contributed by atoms with E-state index in [1.807, 2.05) is 27.7 Å². The van der Waals surface area contributed by atoms with Crippen LogP contribution in [0.4, 0.5) is 4.79 Å². The van der Waals surface area contributed by atoms with Crippen LogP contribution in [0.15, 0.2) is 0 Å². The van der Waals surface area contributed by atoms with E-state index in [4.69, 9.17) is 0 Å². The molecule has 4 aliphatic carbocycles. The van der Waals surface area contributed by atoms with Gasteiger partial charge in [-0.05, 0) is 92.3 Å². The van der Waals surface area contributed by atoms with Crippen molar-refractivity contribution in [2.45, 2.75) is 135 Å². The van der Waals surface area contributed by atoms with Gasteiger partial charge in [-0.15, -0.1) is 0 Å². The summed E-state index contributed by atoms with van der Waals surface area (Å²) in [7, 11) is -2.02. The molecular formula is C37H62N6O7S. The lowest BCUT2D eigenvalue weighted by Gasteiger charge is -2.37. The summed E-state index contributed by atoms with van der Waals surface area (Å²) in [4.78, 5) is 70.7. The van der Waals surface area contributed by atoms with Gasteiger partial charge in [-0.1, -0.05) is 53.4 Å². The zero-order valence-corrected chi connectivity index (χ0v) is 32.4. The van der Waals surface area contributed by atoms with Gasteiger partial charge in [-0.25, -0.2) is 17.5 Å². The van der Waals surface area contributed by atoms with Crippen molar-refractivity contribution < 1.29 is 32.4 Å². The van der Waals surface area contributed by atoms with Crippen LogP contribution in [0.1, 0.15) is 111 Å². The summed E-state index contributed by atoms with van der Waals surface area (Å²) in [6.07, 6.45) is 12.5. The molecule has 6 atom stereocenters. The third kappa shape index (κ3) is 9.44. The molecule has 14 heteroatoms. The number of carbonyl (C=O) groups is 5. The molecule has 1 spiro atoms. The van der Waals surface area contributed by atoms with Crippen molar-refractivity contribution in [1.82, 2.24) is 30.5 Å². The molecular weight excluding hydrogens is 673 g/mol. The highest BCUT2D eigenvalue weighted by Crippen LogP contribution is 2.66.